The monoisotopic (exact) mass is 819 g/mol. The average Bonchev–Trinajstić information content (AvgIpc) is 3.55. The Morgan fingerprint density at radius 1 is 0.421 bits per heavy atom. The van der Waals surface area contributed by atoms with Gasteiger partial charge < -0.3 is 5.53 Å². The van der Waals surface area contributed by atoms with Crippen molar-refractivity contribution in [3.05, 3.63) is 88.0 Å². The summed E-state index contributed by atoms with van der Waals surface area (Å²) in [4.78, 5) is 0. The van der Waals surface area contributed by atoms with Crippen LogP contribution < -0.4 is 0 Å². The molecular formula is C54H84N2Ni. The van der Waals surface area contributed by atoms with Gasteiger partial charge in [-0.2, -0.15) is 0 Å². The normalized spacial score (nSPS) is 12.5. The van der Waals surface area contributed by atoms with E-state index in [1.54, 1.807) is 0 Å². The predicted octanol–water partition coefficient (Wildman–Crippen LogP) is 17.7. The third-order valence-electron chi connectivity index (χ3n) is 12.0. The molecule has 1 aliphatic heterocycles. The molecule has 0 amide bonds. The molecule has 1 aliphatic rings. The maximum absolute atomic E-state index is 11.5. The van der Waals surface area contributed by atoms with Gasteiger partial charge in [0.05, 0.1) is 0 Å². The van der Waals surface area contributed by atoms with E-state index in [0.29, 0.717) is 0 Å². The molecule has 57 heavy (non-hydrogen) atoms. The molecule has 0 bridgehead atoms. The van der Waals surface area contributed by atoms with E-state index in [1.807, 2.05) is 0 Å². The van der Waals surface area contributed by atoms with Crippen LogP contribution in [-0.2, 0) is 29.3 Å². The largest absolute Gasteiger partial charge is 0.493 e. The van der Waals surface area contributed by atoms with E-state index in [0.717, 1.165) is 53.8 Å². The van der Waals surface area contributed by atoms with E-state index >= 15 is 0 Å². The summed E-state index contributed by atoms with van der Waals surface area (Å²) in [6.07, 6.45) is 46.9. The molecule has 3 heteroatoms. The molecule has 0 radical (unpaired) electrons. The Morgan fingerprint density at radius 2 is 0.754 bits per heavy atom. The van der Waals surface area contributed by atoms with Gasteiger partial charge in [-0.25, -0.2) is 4.70 Å². The molecule has 1 heterocycles. The van der Waals surface area contributed by atoms with Crippen LogP contribution in [0, 0.1) is 11.8 Å². The molecule has 0 aliphatic carbocycles. The third-order valence-corrected chi connectivity index (χ3v) is 12.0. The zero-order chi connectivity index (χ0) is 39.7. The fourth-order valence-electron chi connectivity index (χ4n) is 8.20. The van der Waals surface area contributed by atoms with Crippen molar-refractivity contribution in [1.82, 2.24) is 0 Å². The van der Waals surface area contributed by atoms with Crippen LogP contribution >= 0.6 is 0 Å². The molecule has 2 nitrogen and oxygen atoms in total. The van der Waals surface area contributed by atoms with E-state index in [9.17, 15) is 5.53 Å². The summed E-state index contributed by atoms with van der Waals surface area (Å²) in [7, 11) is 0. The maximum atomic E-state index is 11.5. The van der Waals surface area contributed by atoms with Crippen molar-refractivity contribution in [3.63, 3.8) is 0 Å². The van der Waals surface area contributed by atoms with Crippen LogP contribution in [0.15, 0.2) is 60.2 Å². The molecule has 2 aromatic rings. The second-order valence-corrected chi connectivity index (χ2v) is 17.1. The minimum Gasteiger partial charge on any atom is -0.493 e. The van der Waals surface area contributed by atoms with Gasteiger partial charge in [-0.1, -0.05) is 230 Å². The van der Waals surface area contributed by atoms with Crippen LogP contribution in [0.5, 0.6) is 0 Å². The summed E-state index contributed by atoms with van der Waals surface area (Å²) < 4.78 is 1.37. The Kier molecular flexibility index (Phi) is 30.6. The van der Waals surface area contributed by atoms with E-state index in [1.165, 1.54) is 202 Å². The number of rotatable bonds is 34. The van der Waals surface area contributed by atoms with Crippen molar-refractivity contribution in [3.8, 4) is 11.8 Å². The number of allylic oxidation sites excluding steroid dienone is 2. The summed E-state index contributed by atoms with van der Waals surface area (Å²) >= 11 is 0. The van der Waals surface area contributed by atoms with Crippen LogP contribution in [0.1, 0.15) is 242 Å². The van der Waals surface area contributed by atoms with Gasteiger partial charge in [0.15, 0.2) is 0 Å². The number of hydrogen-bond donors (Lipinski definition) is 0. The Labute approximate surface area is 363 Å². The van der Waals surface area contributed by atoms with Crippen molar-refractivity contribution < 1.29 is 21.2 Å². The summed E-state index contributed by atoms with van der Waals surface area (Å²) in [5.41, 5.74) is 18.8. The van der Waals surface area contributed by atoms with Gasteiger partial charge in [-0.05, 0) is 67.5 Å². The van der Waals surface area contributed by atoms with Crippen molar-refractivity contribution in [2.75, 3.05) is 0 Å². The van der Waals surface area contributed by atoms with Crippen molar-refractivity contribution in [2.24, 2.45) is 0 Å². The van der Waals surface area contributed by atoms with Gasteiger partial charge in [0.25, 0.3) is 0 Å². The van der Waals surface area contributed by atoms with E-state index in [4.69, 9.17) is 0 Å². The quantitative estimate of drug-likeness (QED) is 0.0291. The van der Waals surface area contributed by atoms with E-state index in [-0.39, 0.29) is 16.5 Å². The Morgan fingerprint density at radius 3 is 1.12 bits per heavy atom. The van der Waals surface area contributed by atoms with Crippen LogP contribution in [0.3, 0.4) is 0 Å². The molecule has 0 fully saturated rings. The molecule has 0 N–H and O–H groups in total. The topological polar surface area (TPSA) is 25.3 Å². The van der Waals surface area contributed by atoms with Gasteiger partial charge in [0, 0.05) is 40.1 Å². The van der Waals surface area contributed by atoms with Gasteiger partial charge >= 0.3 is 0 Å². The average molecular weight is 820 g/mol. The minimum atomic E-state index is 0. The summed E-state index contributed by atoms with van der Waals surface area (Å²) in [6.45, 7) is 6.77. The fourth-order valence-corrected chi connectivity index (χ4v) is 8.20. The summed E-state index contributed by atoms with van der Waals surface area (Å²) in [5, 5.41) is 0. The number of nitrogens with zero attached hydrogens (tertiary/aromatic N) is 2. The molecule has 3 rings (SSSR count). The second-order valence-electron chi connectivity index (χ2n) is 17.1. The standard InChI is InChI=1S/C54H84N2.Ni/c1-4-7-10-11-12-13-14-15-16-17-18-19-20-21-22-23-24-25-26-27-28-29-30-31-32-33-34-35-38-52-47-53(50-43-39-48(40-44-50)36-8-5-2)56(55)54(52)51-45-41-49(42-46-51)37-9-6-3;/h39-47H,4-34,36-37H2,1-3H3;. The first kappa shape index (κ1) is 50.7. The van der Waals surface area contributed by atoms with Crippen molar-refractivity contribution in [2.45, 2.75) is 233 Å². The third kappa shape index (κ3) is 22.5. The second kappa shape index (κ2) is 34.4. The van der Waals surface area contributed by atoms with Crippen LogP contribution in [-0.4, -0.2) is 4.70 Å². The Bertz CT molecular complexity index is 1420. The maximum Gasteiger partial charge on any atom is 0.223 e. The Hall–Kier alpha value is -2.43. The first-order valence-electron chi connectivity index (χ1n) is 24.3. The first-order chi connectivity index (χ1) is 27.7. The molecule has 0 atom stereocenters. The van der Waals surface area contributed by atoms with Gasteiger partial charge in [0.1, 0.15) is 5.57 Å². The smallest absolute Gasteiger partial charge is 0.223 e. The summed E-state index contributed by atoms with van der Waals surface area (Å²) in [5.74, 6) is 6.94. The molecule has 0 spiro atoms. The van der Waals surface area contributed by atoms with E-state index in [2.05, 4.69) is 87.2 Å². The number of aryl methyl sites for hydroxylation is 2. The first-order valence-corrected chi connectivity index (χ1v) is 24.3. The minimum absolute atomic E-state index is 0. The molecule has 0 aromatic heterocycles. The van der Waals surface area contributed by atoms with Crippen molar-refractivity contribution in [1.29, 1.82) is 0 Å². The van der Waals surface area contributed by atoms with Crippen LogP contribution in [0.2, 0.25) is 0 Å². The molecule has 0 saturated heterocycles. The van der Waals surface area contributed by atoms with Crippen LogP contribution in [0.4, 0.5) is 0 Å². The number of benzene rings is 2. The predicted molar refractivity (Wildman–Crippen MR) is 247 cm³/mol. The van der Waals surface area contributed by atoms with E-state index < -0.39 is 0 Å². The van der Waals surface area contributed by atoms with Gasteiger partial charge in [-0.15, -0.1) is 0 Å². The SMILES string of the molecule is CCCCCCCCCCCCCCCCCCCCCCCCCCCCC#CC1=C(c2ccc(CCCC)cc2)[N+](=[N-])C(c2ccc(CCCC)cc2)=C1.[Ni]. The summed E-state index contributed by atoms with van der Waals surface area (Å²) in [6, 6.07) is 17.4. The van der Waals surface area contributed by atoms with Gasteiger partial charge in [0.2, 0.25) is 11.4 Å². The number of unbranched alkanes of at least 4 members (excludes halogenated alkanes) is 28. The molecule has 320 valence electrons. The van der Waals surface area contributed by atoms with Crippen LogP contribution in [0.25, 0.3) is 16.9 Å². The molecular weight excluding hydrogens is 735 g/mol. The Balaban J connectivity index is 0.0000112. The van der Waals surface area contributed by atoms with Crippen molar-refractivity contribution >= 4 is 11.4 Å². The number of hydrogen-bond acceptors (Lipinski definition) is 0. The van der Waals surface area contributed by atoms with Gasteiger partial charge in [-0.3, -0.25) is 0 Å². The zero-order valence-electron chi connectivity index (χ0n) is 37.2. The molecule has 0 saturated carbocycles. The zero-order valence-corrected chi connectivity index (χ0v) is 38.2. The fraction of sp³-hybridized carbons (Fsp3) is 0.667. The molecule has 0 unspecified atom stereocenters. The molecule has 2 aromatic carbocycles.